The number of carboxylic acid groups (broad SMARTS) is 1. The third kappa shape index (κ3) is 0.952. The maximum atomic E-state index is 10.3. The molecule has 0 radical (unpaired) electrons. The van der Waals surface area contributed by atoms with Crippen molar-refractivity contribution in [3.8, 4) is 0 Å². The van der Waals surface area contributed by atoms with Crippen molar-refractivity contribution in [1.29, 1.82) is 0 Å². The molecule has 0 amide bonds. The van der Waals surface area contributed by atoms with Crippen LogP contribution in [0.15, 0.2) is 0 Å². The van der Waals surface area contributed by atoms with Crippen molar-refractivity contribution < 1.29 is 14.5 Å². The van der Waals surface area contributed by atoms with Crippen LogP contribution in [0.3, 0.4) is 0 Å². The normalized spacial score (nSPS) is 36.1. The molecule has 0 aromatic rings. The van der Waals surface area contributed by atoms with Gasteiger partial charge in [-0.15, -0.1) is 0 Å². The number of carboxylic acids is 1. The lowest BCUT2D eigenvalue weighted by molar-refractivity contribution is -0.140. The van der Waals surface area contributed by atoms with Crippen LogP contribution in [0.25, 0.3) is 0 Å². The van der Waals surface area contributed by atoms with Crippen molar-refractivity contribution in [2.75, 3.05) is 11.5 Å². The molecule has 3 nitrogen and oxygen atoms in total. The molecule has 0 spiro atoms. The second-order valence-corrected chi connectivity index (χ2v) is 3.35. The van der Waals surface area contributed by atoms with Crippen LogP contribution in [-0.4, -0.2) is 27.1 Å². The molecule has 1 N–H and O–H groups in total. The zero-order valence-electron chi connectivity index (χ0n) is 4.16. The molecule has 0 bridgehead atoms. The maximum absolute atomic E-state index is 10.3. The standard InChI is InChI=1S/C4H6O3S/c5-4(6)3-1-8(7)2-3/h3H,1-2H2,(H,5,6). The monoisotopic (exact) mass is 134 g/mol. The number of aliphatic carboxylic acids is 1. The molecule has 1 saturated heterocycles. The summed E-state index contributed by atoms with van der Waals surface area (Å²) >= 11 is -0.823. The van der Waals surface area contributed by atoms with Gasteiger partial charge in [0.25, 0.3) is 0 Å². The zero-order chi connectivity index (χ0) is 6.15. The zero-order valence-corrected chi connectivity index (χ0v) is 4.98. The van der Waals surface area contributed by atoms with Gasteiger partial charge < -0.3 is 9.66 Å². The second-order valence-electron chi connectivity index (χ2n) is 1.81. The Bertz CT molecular complexity index is 108. The van der Waals surface area contributed by atoms with E-state index in [0.717, 1.165) is 0 Å². The van der Waals surface area contributed by atoms with Gasteiger partial charge in [-0.25, -0.2) is 0 Å². The average molecular weight is 134 g/mol. The number of rotatable bonds is 1. The first-order chi connectivity index (χ1) is 3.70. The van der Waals surface area contributed by atoms with E-state index >= 15 is 0 Å². The third-order valence-electron chi connectivity index (χ3n) is 1.12. The van der Waals surface area contributed by atoms with Crippen LogP contribution in [0.5, 0.6) is 0 Å². The molecular formula is C4H6O3S. The van der Waals surface area contributed by atoms with Gasteiger partial charge in [0, 0.05) is 0 Å². The highest BCUT2D eigenvalue weighted by Crippen LogP contribution is 2.17. The Kier molecular flexibility index (Phi) is 1.44. The van der Waals surface area contributed by atoms with Gasteiger partial charge in [-0.05, 0) is 0 Å². The Morgan fingerprint density at radius 2 is 2.25 bits per heavy atom. The largest absolute Gasteiger partial charge is 0.616 e. The summed E-state index contributed by atoms with van der Waals surface area (Å²) in [5, 5.41) is 8.22. The summed E-state index contributed by atoms with van der Waals surface area (Å²) < 4.78 is 10.3. The molecule has 8 heavy (non-hydrogen) atoms. The summed E-state index contributed by atoms with van der Waals surface area (Å²) in [5.41, 5.74) is 0. The number of carbonyl (C=O) groups is 1. The third-order valence-corrected chi connectivity index (χ3v) is 2.67. The van der Waals surface area contributed by atoms with Gasteiger partial charge in [0.15, 0.2) is 0 Å². The van der Waals surface area contributed by atoms with E-state index in [1.165, 1.54) is 0 Å². The van der Waals surface area contributed by atoms with Crippen molar-refractivity contribution in [2.24, 2.45) is 5.92 Å². The molecule has 0 aromatic heterocycles. The van der Waals surface area contributed by atoms with E-state index in [-0.39, 0.29) is 5.92 Å². The summed E-state index contributed by atoms with van der Waals surface area (Å²) in [6.07, 6.45) is 0. The summed E-state index contributed by atoms with van der Waals surface area (Å²) in [7, 11) is 0. The fraction of sp³-hybridized carbons (Fsp3) is 0.750. The summed E-state index contributed by atoms with van der Waals surface area (Å²) in [4.78, 5) is 9.99. The highest BCUT2D eigenvalue weighted by molar-refractivity contribution is 7.92. The fourth-order valence-electron chi connectivity index (χ4n) is 0.543. The van der Waals surface area contributed by atoms with Gasteiger partial charge in [-0.2, -0.15) is 0 Å². The fourth-order valence-corrected chi connectivity index (χ4v) is 1.63. The van der Waals surface area contributed by atoms with Crippen LogP contribution in [0, 0.1) is 5.92 Å². The van der Waals surface area contributed by atoms with Gasteiger partial charge in [-0.3, -0.25) is 4.79 Å². The van der Waals surface area contributed by atoms with E-state index in [0.29, 0.717) is 11.5 Å². The summed E-state index contributed by atoms with van der Waals surface area (Å²) in [6, 6.07) is 0. The van der Waals surface area contributed by atoms with E-state index in [9.17, 15) is 9.35 Å². The van der Waals surface area contributed by atoms with Crippen LogP contribution >= 0.6 is 0 Å². The molecule has 0 aliphatic carbocycles. The van der Waals surface area contributed by atoms with Crippen LogP contribution in [0.1, 0.15) is 0 Å². The molecule has 1 aliphatic heterocycles. The average Bonchev–Trinajstić information content (AvgIpc) is 1.57. The van der Waals surface area contributed by atoms with E-state index in [2.05, 4.69) is 0 Å². The van der Waals surface area contributed by atoms with Gasteiger partial charge in [-0.1, -0.05) is 11.2 Å². The quantitative estimate of drug-likeness (QED) is 0.489. The van der Waals surface area contributed by atoms with Crippen molar-refractivity contribution >= 4 is 17.1 Å². The molecule has 1 aliphatic rings. The topological polar surface area (TPSA) is 60.4 Å². The van der Waals surface area contributed by atoms with E-state index in [1.807, 2.05) is 0 Å². The lowest BCUT2D eigenvalue weighted by Crippen LogP contribution is -2.41. The van der Waals surface area contributed by atoms with Gasteiger partial charge >= 0.3 is 5.97 Å². The Morgan fingerprint density at radius 3 is 2.38 bits per heavy atom. The Hall–Kier alpha value is -0.220. The van der Waals surface area contributed by atoms with Gasteiger partial charge in [0.1, 0.15) is 17.4 Å². The molecule has 0 aromatic carbocycles. The maximum Gasteiger partial charge on any atom is 0.316 e. The molecular weight excluding hydrogens is 128 g/mol. The molecule has 46 valence electrons. The van der Waals surface area contributed by atoms with Gasteiger partial charge in [0.2, 0.25) is 0 Å². The molecule has 0 saturated carbocycles. The SMILES string of the molecule is O=C(O)C1C[S+]([O-])C1. The van der Waals surface area contributed by atoms with Crippen molar-refractivity contribution in [2.45, 2.75) is 0 Å². The molecule has 1 fully saturated rings. The van der Waals surface area contributed by atoms with E-state index in [1.54, 1.807) is 0 Å². The first kappa shape index (κ1) is 5.91. The minimum absolute atomic E-state index is 0.323. The molecule has 1 heterocycles. The highest BCUT2D eigenvalue weighted by Gasteiger charge is 2.37. The van der Waals surface area contributed by atoms with Gasteiger partial charge in [0.05, 0.1) is 0 Å². The van der Waals surface area contributed by atoms with Crippen molar-refractivity contribution in [3.63, 3.8) is 0 Å². The Balaban J connectivity index is 2.25. The lowest BCUT2D eigenvalue weighted by Gasteiger charge is -2.24. The van der Waals surface area contributed by atoms with E-state index in [4.69, 9.17) is 5.11 Å². The van der Waals surface area contributed by atoms with E-state index < -0.39 is 17.1 Å². The van der Waals surface area contributed by atoms with Crippen LogP contribution in [-0.2, 0) is 16.0 Å². The van der Waals surface area contributed by atoms with Crippen molar-refractivity contribution in [3.05, 3.63) is 0 Å². The number of hydrogen-bond acceptors (Lipinski definition) is 2. The van der Waals surface area contributed by atoms with Crippen LogP contribution in [0.4, 0.5) is 0 Å². The molecule has 4 heteroatoms. The van der Waals surface area contributed by atoms with Crippen molar-refractivity contribution in [1.82, 2.24) is 0 Å². The summed E-state index contributed by atoms with van der Waals surface area (Å²) in [6.45, 7) is 0. The summed E-state index contributed by atoms with van der Waals surface area (Å²) in [5.74, 6) is -0.426. The predicted octanol–water partition coefficient (Wildman–Crippen LogP) is -0.550. The second kappa shape index (κ2) is 1.95. The van der Waals surface area contributed by atoms with Crippen LogP contribution < -0.4 is 0 Å². The first-order valence-corrected chi connectivity index (χ1v) is 3.76. The Morgan fingerprint density at radius 1 is 1.75 bits per heavy atom. The first-order valence-electron chi connectivity index (χ1n) is 2.28. The Labute approximate surface area is 49.9 Å². The van der Waals surface area contributed by atoms with Crippen LogP contribution in [0.2, 0.25) is 0 Å². The smallest absolute Gasteiger partial charge is 0.316 e. The molecule has 0 unspecified atom stereocenters. The molecule has 0 atom stereocenters. The minimum Gasteiger partial charge on any atom is -0.616 e. The molecule has 1 rings (SSSR count). The predicted molar refractivity (Wildman–Crippen MR) is 29.0 cm³/mol. The highest BCUT2D eigenvalue weighted by atomic mass is 32.2. The number of hydrogen-bond donors (Lipinski definition) is 1. The lowest BCUT2D eigenvalue weighted by atomic mass is 10.2. The minimum atomic E-state index is -0.823.